The van der Waals surface area contributed by atoms with Crippen LogP contribution in [-0.2, 0) is 0 Å². The van der Waals surface area contributed by atoms with Crippen molar-refractivity contribution in [1.29, 1.82) is 0 Å². The maximum Gasteiger partial charge on any atom is 0.243 e. The molecule has 1 aromatic rings. The van der Waals surface area contributed by atoms with Crippen molar-refractivity contribution in [2.75, 3.05) is 7.11 Å². The van der Waals surface area contributed by atoms with Crippen LogP contribution in [0, 0.1) is 0 Å². The Balaban J connectivity index is 3.13. The van der Waals surface area contributed by atoms with E-state index in [0.29, 0.717) is 0 Å². The Labute approximate surface area is 81.8 Å². The van der Waals surface area contributed by atoms with Gasteiger partial charge >= 0.3 is 0 Å². The monoisotopic (exact) mass is 196 g/mol. The Kier molecular flexibility index (Phi) is 2.81. The van der Waals surface area contributed by atoms with E-state index in [-0.39, 0.29) is 11.6 Å². The second-order valence-electron chi connectivity index (χ2n) is 3.30. The molecule has 5 heteroatoms. The van der Waals surface area contributed by atoms with Gasteiger partial charge in [0.25, 0.3) is 0 Å². The van der Waals surface area contributed by atoms with Crippen molar-refractivity contribution < 1.29 is 14.6 Å². The number of Topliss-reactive ketones (excluding diaryl/α,β-unsaturated/α-hetero) is 1. The number of carbonyl (C=O) groups excluding carboxylic acids is 1. The van der Waals surface area contributed by atoms with Crippen LogP contribution in [0.4, 0.5) is 0 Å². The van der Waals surface area contributed by atoms with Gasteiger partial charge < -0.3 is 9.84 Å². The zero-order valence-corrected chi connectivity index (χ0v) is 8.31. The molecular weight excluding hydrogens is 184 g/mol. The Morgan fingerprint density at radius 1 is 1.43 bits per heavy atom. The standard InChI is InChI=1S/C9H12N2O3/c1-9(2,13)7(12)6-8(14-3)11-5-4-10-6/h4-5,13H,1-3H3. The second kappa shape index (κ2) is 3.71. The van der Waals surface area contributed by atoms with Gasteiger partial charge in [-0.2, -0.15) is 0 Å². The quantitative estimate of drug-likeness (QED) is 0.710. The third-order valence-corrected chi connectivity index (χ3v) is 1.63. The van der Waals surface area contributed by atoms with Crippen LogP contribution in [0.25, 0.3) is 0 Å². The van der Waals surface area contributed by atoms with Crippen molar-refractivity contribution in [3.8, 4) is 5.88 Å². The second-order valence-corrected chi connectivity index (χ2v) is 3.30. The van der Waals surface area contributed by atoms with Gasteiger partial charge in [-0.3, -0.25) is 4.79 Å². The number of carbonyl (C=O) groups is 1. The fourth-order valence-electron chi connectivity index (χ4n) is 0.920. The minimum Gasteiger partial charge on any atom is -0.479 e. The Morgan fingerprint density at radius 3 is 2.50 bits per heavy atom. The molecule has 0 amide bonds. The van der Waals surface area contributed by atoms with E-state index in [4.69, 9.17) is 4.74 Å². The normalized spacial score (nSPS) is 11.1. The minimum atomic E-state index is -1.47. The first-order chi connectivity index (χ1) is 6.46. The molecule has 0 fully saturated rings. The molecule has 14 heavy (non-hydrogen) atoms. The molecule has 0 bridgehead atoms. The van der Waals surface area contributed by atoms with Gasteiger partial charge in [-0.05, 0) is 13.8 Å². The Bertz CT molecular complexity index is 344. The lowest BCUT2D eigenvalue weighted by Crippen LogP contribution is -2.32. The molecule has 0 radical (unpaired) electrons. The molecule has 0 unspecified atom stereocenters. The molecule has 1 N–H and O–H groups in total. The summed E-state index contributed by atoms with van der Waals surface area (Å²) in [5, 5.41) is 9.49. The summed E-state index contributed by atoms with van der Waals surface area (Å²) in [6.45, 7) is 2.78. The van der Waals surface area contributed by atoms with Crippen LogP contribution in [0.3, 0.4) is 0 Å². The lowest BCUT2D eigenvalue weighted by molar-refractivity contribution is 0.0478. The molecule has 0 spiro atoms. The first-order valence-corrected chi connectivity index (χ1v) is 4.09. The zero-order valence-electron chi connectivity index (χ0n) is 8.31. The van der Waals surface area contributed by atoms with Crippen LogP contribution in [0.5, 0.6) is 5.88 Å². The number of rotatable bonds is 3. The van der Waals surface area contributed by atoms with Crippen LogP contribution in [-0.4, -0.2) is 33.6 Å². The summed E-state index contributed by atoms with van der Waals surface area (Å²) >= 11 is 0. The van der Waals surface area contributed by atoms with Crippen molar-refractivity contribution in [1.82, 2.24) is 9.97 Å². The number of nitrogens with zero attached hydrogens (tertiary/aromatic N) is 2. The molecule has 1 heterocycles. The zero-order chi connectivity index (χ0) is 10.8. The van der Waals surface area contributed by atoms with E-state index in [0.717, 1.165) is 0 Å². The summed E-state index contributed by atoms with van der Waals surface area (Å²) in [6, 6.07) is 0. The number of hydrogen-bond donors (Lipinski definition) is 1. The smallest absolute Gasteiger partial charge is 0.243 e. The van der Waals surface area contributed by atoms with Gasteiger partial charge in [-0.25, -0.2) is 9.97 Å². The molecular formula is C9H12N2O3. The van der Waals surface area contributed by atoms with Crippen molar-refractivity contribution in [3.05, 3.63) is 18.1 Å². The van der Waals surface area contributed by atoms with Crippen LogP contribution in [0.15, 0.2) is 12.4 Å². The number of aliphatic hydroxyl groups is 1. The van der Waals surface area contributed by atoms with Gasteiger partial charge in [0.15, 0.2) is 5.69 Å². The fourth-order valence-corrected chi connectivity index (χ4v) is 0.920. The van der Waals surface area contributed by atoms with E-state index in [1.54, 1.807) is 0 Å². The lowest BCUT2D eigenvalue weighted by atomic mass is 10.0. The first-order valence-electron chi connectivity index (χ1n) is 4.09. The predicted molar refractivity (Wildman–Crippen MR) is 49.2 cm³/mol. The van der Waals surface area contributed by atoms with Gasteiger partial charge in [-0.1, -0.05) is 0 Å². The average molecular weight is 196 g/mol. The van der Waals surface area contributed by atoms with E-state index in [9.17, 15) is 9.90 Å². The average Bonchev–Trinajstić information content (AvgIpc) is 2.15. The fraction of sp³-hybridized carbons (Fsp3) is 0.444. The Morgan fingerprint density at radius 2 is 2.00 bits per heavy atom. The molecule has 0 atom stereocenters. The van der Waals surface area contributed by atoms with E-state index >= 15 is 0 Å². The molecule has 5 nitrogen and oxygen atoms in total. The number of hydrogen-bond acceptors (Lipinski definition) is 5. The van der Waals surface area contributed by atoms with Crippen molar-refractivity contribution in [2.45, 2.75) is 19.4 Å². The SMILES string of the molecule is COc1nccnc1C(=O)C(C)(C)O. The number of methoxy groups -OCH3 is 1. The van der Waals surface area contributed by atoms with Gasteiger partial charge in [0, 0.05) is 12.4 Å². The van der Waals surface area contributed by atoms with Crippen LogP contribution >= 0.6 is 0 Å². The van der Waals surface area contributed by atoms with E-state index in [1.165, 1.54) is 33.4 Å². The summed E-state index contributed by atoms with van der Waals surface area (Å²) < 4.78 is 4.86. The summed E-state index contributed by atoms with van der Waals surface area (Å²) in [5.74, 6) is -0.387. The highest BCUT2D eigenvalue weighted by Crippen LogP contribution is 2.17. The maximum absolute atomic E-state index is 11.6. The molecule has 0 aliphatic heterocycles. The molecule has 0 saturated carbocycles. The largest absolute Gasteiger partial charge is 0.479 e. The van der Waals surface area contributed by atoms with Gasteiger partial charge in [0.2, 0.25) is 11.7 Å². The summed E-state index contributed by atoms with van der Waals surface area (Å²) in [6.07, 6.45) is 2.79. The predicted octanol–water partition coefficient (Wildman–Crippen LogP) is 0.439. The molecule has 0 aliphatic carbocycles. The summed E-state index contributed by atoms with van der Waals surface area (Å²) in [4.78, 5) is 19.2. The summed E-state index contributed by atoms with van der Waals surface area (Å²) in [7, 11) is 1.39. The summed E-state index contributed by atoms with van der Waals surface area (Å²) in [5.41, 5.74) is -1.42. The minimum absolute atomic E-state index is 0.0440. The van der Waals surface area contributed by atoms with Crippen LogP contribution in [0.1, 0.15) is 24.3 Å². The van der Waals surface area contributed by atoms with E-state index in [1.807, 2.05) is 0 Å². The first kappa shape index (κ1) is 10.6. The van der Waals surface area contributed by atoms with Crippen molar-refractivity contribution in [3.63, 3.8) is 0 Å². The van der Waals surface area contributed by atoms with Gasteiger partial charge in [0.1, 0.15) is 5.60 Å². The van der Waals surface area contributed by atoms with Crippen molar-refractivity contribution >= 4 is 5.78 Å². The Hall–Kier alpha value is -1.49. The number of ketones is 1. The molecule has 0 aromatic carbocycles. The van der Waals surface area contributed by atoms with Gasteiger partial charge in [0.05, 0.1) is 7.11 Å². The third kappa shape index (κ3) is 2.05. The maximum atomic E-state index is 11.6. The molecule has 0 saturated heterocycles. The highest BCUT2D eigenvalue weighted by atomic mass is 16.5. The van der Waals surface area contributed by atoms with Crippen LogP contribution < -0.4 is 4.74 Å². The number of aromatic nitrogens is 2. The van der Waals surface area contributed by atoms with Gasteiger partial charge in [-0.15, -0.1) is 0 Å². The number of ether oxygens (including phenoxy) is 1. The van der Waals surface area contributed by atoms with E-state index in [2.05, 4.69) is 9.97 Å². The molecule has 1 rings (SSSR count). The van der Waals surface area contributed by atoms with Crippen LogP contribution in [0.2, 0.25) is 0 Å². The van der Waals surface area contributed by atoms with E-state index < -0.39 is 11.4 Å². The highest BCUT2D eigenvalue weighted by Gasteiger charge is 2.29. The third-order valence-electron chi connectivity index (χ3n) is 1.63. The highest BCUT2D eigenvalue weighted by molar-refractivity contribution is 6.01. The lowest BCUT2D eigenvalue weighted by Gasteiger charge is -2.15. The molecule has 76 valence electrons. The molecule has 0 aliphatic rings. The van der Waals surface area contributed by atoms with Crippen molar-refractivity contribution in [2.24, 2.45) is 0 Å². The topological polar surface area (TPSA) is 72.3 Å². The molecule has 1 aromatic heterocycles.